The number of nitro groups is 1. The van der Waals surface area contributed by atoms with E-state index in [1.54, 1.807) is 6.92 Å². The molecule has 1 aromatic carbocycles. The summed E-state index contributed by atoms with van der Waals surface area (Å²) in [5.74, 6) is -0.467. The Morgan fingerprint density at radius 2 is 1.95 bits per heavy atom. The van der Waals surface area contributed by atoms with Crippen LogP contribution in [-0.2, 0) is 4.79 Å². The summed E-state index contributed by atoms with van der Waals surface area (Å²) in [6.07, 6.45) is -0.0198. The first kappa shape index (κ1) is 16.5. The quantitative estimate of drug-likeness (QED) is 0.558. The second-order valence-corrected chi connectivity index (χ2v) is 4.57. The third-order valence-electron chi connectivity index (χ3n) is 2.86. The zero-order valence-corrected chi connectivity index (χ0v) is 12.1. The van der Waals surface area contributed by atoms with E-state index < -0.39 is 10.9 Å². The zero-order chi connectivity index (χ0) is 16.0. The summed E-state index contributed by atoms with van der Waals surface area (Å²) in [6.45, 7) is 2.04. The summed E-state index contributed by atoms with van der Waals surface area (Å²) in [6, 6.07) is 2.73. The standard InChI is InChI=1S/C13H18N2O6/c1-8(4-13(16)17)7-14-9-5-11(20-2)12(21-3)6-10(9)15(18)19/h5-6,8,14H,4,7H2,1-3H3,(H,16,17). The smallest absolute Gasteiger partial charge is 0.303 e. The molecule has 1 atom stereocenters. The molecule has 0 aliphatic carbocycles. The van der Waals surface area contributed by atoms with E-state index in [-0.39, 0.29) is 29.5 Å². The molecular weight excluding hydrogens is 280 g/mol. The number of carbonyl (C=O) groups is 1. The molecule has 8 heteroatoms. The number of methoxy groups -OCH3 is 2. The van der Waals surface area contributed by atoms with Gasteiger partial charge in [0.15, 0.2) is 11.5 Å². The molecule has 0 fully saturated rings. The topological polar surface area (TPSA) is 111 Å². The van der Waals surface area contributed by atoms with Crippen LogP contribution in [0.4, 0.5) is 11.4 Å². The number of carboxylic acids is 1. The highest BCUT2D eigenvalue weighted by Crippen LogP contribution is 2.37. The lowest BCUT2D eigenvalue weighted by molar-refractivity contribution is -0.384. The van der Waals surface area contributed by atoms with Crippen molar-refractivity contribution in [2.45, 2.75) is 13.3 Å². The number of nitro benzene ring substituents is 1. The predicted molar refractivity (Wildman–Crippen MR) is 76.1 cm³/mol. The Kier molecular flexibility index (Phi) is 5.77. The highest BCUT2D eigenvalue weighted by molar-refractivity contribution is 5.69. The van der Waals surface area contributed by atoms with Crippen molar-refractivity contribution in [3.8, 4) is 11.5 Å². The number of nitrogens with one attached hydrogen (secondary N) is 1. The zero-order valence-electron chi connectivity index (χ0n) is 12.1. The first-order chi connectivity index (χ1) is 9.88. The van der Waals surface area contributed by atoms with E-state index >= 15 is 0 Å². The van der Waals surface area contributed by atoms with Gasteiger partial charge in [-0.05, 0) is 5.92 Å². The molecule has 0 saturated carbocycles. The molecule has 8 nitrogen and oxygen atoms in total. The molecular formula is C13H18N2O6. The molecule has 0 spiro atoms. The van der Waals surface area contributed by atoms with E-state index in [0.29, 0.717) is 12.3 Å². The van der Waals surface area contributed by atoms with Gasteiger partial charge in [-0.3, -0.25) is 14.9 Å². The minimum atomic E-state index is -0.911. The Hall–Kier alpha value is -2.51. The molecule has 0 radical (unpaired) electrons. The maximum atomic E-state index is 11.1. The van der Waals surface area contributed by atoms with Gasteiger partial charge in [-0.2, -0.15) is 0 Å². The van der Waals surface area contributed by atoms with Crippen LogP contribution in [0.1, 0.15) is 13.3 Å². The molecule has 21 heavy (non-hydrogen) atoms. The normalized spacial score (nSPS) is 11.6. The van der Waals surface area contributed by atoms with Gasteiger partial charge in [-0.15, -0.1) is 0 Å². The van der Waals surface area contributed by atoms with E-state index in [9.17, 15) is 14.9 Å². The summed E-state index contributed by atoms with van der Waals surface area (Å²) < 4.78 is 10.1. The van der Waals surface area contributed by atoms with Crippen LogP contribution in [0, 0.1) is 16.0 Å². The highest BCUT2D eigenvalue weighted by Gasteiger charge is 2.20. The van der Waals surface area contributed by atoms with Crippen LogP contribution in [0.25, 0.3) is 0 Å². The lowest BCUT2D eigenvalue weighted by Gasteiger charge is -2.14. The lowest BCUT2D eigenvalue weighted by Crippen LogP contribution is -2.15. The fourth-order valence-electron chi connectivity index (χ4n) is 1.82. The second-order valence-electron chi connectivity index (χ2n) is 4.57. The highest BCUT2D eigenvalue weighted by atomic mass is 16.6. The minimum Gasteiger partial charge on any atom is -0.493 e. The fraction of sp³-hybridized carbons (Fsp3) is 0.462. The van der Waals surface area contributed by atoms with Gasteiger partial charge >= 0.3 is 5.97 Å². The molecule has 0 aliphatic heterocycles. The Labute approximate surface area is 121 Å². The molecule has 0 aliphatic rings. The Morgan fingerprint density at radius 1 is 1.38 bits per heavy atom. The number of hydrogen-bond acceptors (Lipinski definition) is 6. The van der Waals surface area contributed by atoms with E-state index in [4.69, 9.17) is 14.6 Å². The predicted octanol–water partition coefficient (Wildman–Crippen LogP) is 2.13. The Morgan fingerprint density at radius 3 is 2.43 bits per heavy atom. The summed E-state index contributed by atoms with van der Waals surface area (Å²) in [5.41, 5.74) is 0.102. The van der Waals surface area contributed by atoms with Gasteiger partial charge in [0, 0.05) is 19.0 Å². The largest absolute Gasteiger partial charge is 0.493 e. The molecule has 2 N–H and O–H groups in total. The number of rotatable bonds is 8. The number of hydrogen-bond donors (Lipinski definition) is 2. The SMILES string of the molecule is COc1cc(NCC(C)CC(=O)O)c([N+](=O)[O-])cc1OC. The fourth-order valence-corrected chi connectivity index (χ4v) is 1.82. The molecule has 116 valence electrons. The molecule has 1 unspecified atom stereocenters. The van der Waals surface area contributed by atoms with Crippen LogP contribution in [0.15, 0.2) is 12.1 Å². The second kappa shape index (κ2) is 7.32. The van der Waals surface area contributed by atoms with Crippen LogP contribution in [0.5, 0.6) is 11.5 Å². The Balaban J connectivity index is 2.98. The number of nitrogens with zero attached hydrogens (tertiary/aromatic N) is 1. The lowest BCUT2D eigenvalue weighted by atomic mass is 10.1. The first-order valence-electron chi connectivity index (χ1n) is 6.25. The van der Waals surface area contributed by atoms with E-state index in [0.717, 1.165) is 0 Å². The van der Waals surface area contributed by atoms with Crippen LogP contribution >= 0.6 is 0 Å². The summed E-state index contributed by atoms with van der Waals surface area (Å²) >= 11 is 0. The first-order valence-corrected chi connectivity index (χ1v) is 6.25. The third-order valence-corrected chi connectivity index (χ3v) is 2.86. The van der Waals surface area contributed by atoms with Crippen molar-refractivity contribution in [2.24, 2.45) is 5.92 Å². The van der Waals surface area contributed by atoms with Crippen LogP contribution < -0.4 is 14.8 Å². The van der Waals surface area contributed by atoms with Crippen LogP contribution in [-0.4, -0.2) is 36.8 Å². The molecule has 0 bridgehead atoms. The monoisotopic (exact) mass is 298 g/mol. The van der Waals surface area contributed by atoms with Gasteiger partial charge in [0.05, 0.1) is 25.2 Å². The maximum absolute atomic E-state index is 11.1. The van der Waals surface area contributed by atoms with E-state index in [1.807, 2.05) is 0 Å². The number of anilines is 1. The number of benzene rings is 1. The molecule has 0 saturated heterocycles. The summed E-state index contributed by atoms with van der Waals surface area (Å²) in [5, 5.41) is 22.7. The van der Waals surface area contributed by atoms with Gasteiger partial charge in [0.2, 0.25) is 0 Å². The van der Waals surface area contributed by atoms with Gasteiger partial charge in [0.1, 0.15) is 5.69 Å². The summed E-state index contributed by atoms with van der Waals surface area (Å²) in [7, 11) is 2.82. The van der Waals surface area contributed by atoms with Gasteiger partial charge in [-0.1, -0.05) is 6.92 Å². The van der Waals surface area contributed by atoms with E-state index in [1.165, 1.54) is 26.4 Å². The van der Waals surface area contributed by atoms with Crippen molar-refractivity contribution in [3.63, 3.8) is 0 Å². The van der Waals surface area contributed by atoms with Gasteiger partial charge in [0.25, 0.3) is 5.69 Å². The van der Waals surface area contributed by atoms with Crippen molar-refractivity contribution >= 4 is 17.3 Å². The van der Waals surface area contributed by atoms with Crippen LogP contribution in [0.2, 0.25) is 0 Å². The van der Waals surface area contributed by atoms with Gasteiger partial charge < -0.3 is 19.9 Å². The van der Waals surface area contributed by atoms with E-state index in [2.05, 4.69) is 5.32 Å². The van der Waals surface area contributed by atoms with Gasteiger partial charge in [-0.25, -0.2) is 0 Å². The molecule has 0 heterocycles. The average molecular weight is 298 g/mol. The molecule has 0 aromatic heterocycles. The van der Waals surface area contributed by atoms with Crippen molar-refractivity contribution in [3.05, 3.63) is 22.2 Å². The number of ether oxygens (including phenoxy) is 2. The average Bonchev–Trinajstić information content (AvgIpc) is 2.43. The van der Waals surface area contributed by atoms with Crippen LogP contribution in [0.3, 0.4) is 0 Å². The maximum Gasteiger partial charge on any atom is 0.303 e. The number of aliphatic carboxylic acids is 1. The Bertz CT molecular complexity index is 532. The molecule has 1 rings (SSSR count). The van der Waals surface area contributed by atoms with Crippen molar-refractivity contribution in [2.75, 3.05) is 26.1 Å². The molecule has 1 aromatic rings. The van der Waals surface area contributed by atoms with Crippen molar-refractivity contribution in [1.82, 2.24) is 0 Å². The van der Waals surface area contributed by atoms with Crippen molar-refractivity contribution < 1.29 is 24.3 Å². The molecule has 0 amide bonds. The minimum absolute atomic E-state index is 0.0198. The summed E-state index contributed by atoms with van der Waals surface area (Å²) in [4.78, 5) is 21.2. The number of carboxylic acid groups (broad SMARTS) is 1. The van der Waals surface area contributed by atoms with Crippen molar-refractivity contribution in [1.29, 1.82) is 0 Å². The third kappa shape index (κ3) is 4.51.